The van der Waals surface area contributed by atoms with Crippen molar-refractivity contribution in [2.45, 2.75) is 19.3 Å². The Balaban J connectivity index is 1.05. The molecule has 0 amide bonds. The van der Waals surface area contributed by atoms with Crippen LogP contribution in [0.25, 0.3) is 89.5 Å². The molecule has 1 aromatic heterocycles. The second-order valence-corrected chi connectivity index (χ2v) is 15.4. The highest BCUT2D eigenvalue weighted by Crippen LogP contribution is 2.52. The van der Waals surface area contributed by atoms with Crippen molar-refractivity contribution in [3.63, 3.8) is 0 Å². The lowest BCUT2D eigenvalue weighted by molar-refractivity contribution is 0.662. The summed E-state index contributed by atoms with van der Waals surface area (Å²) in [6.07, 6.45) is 0. The van der Waals surface area contributed by atoms with Gasteiger partial charge in [0.25, 0.3) is 0 Å². The molecule has 0 N–H and O–H groups in total. The fraction of sp³-hybridized carbons (Fsp3) is 0.0545. The lowest BCUT2D eigenvalue weighted by Gasteiger charge is -2.24. The summed E-state index contributed by atoms with van der Waals surface area (Å²) >= 11 is 0. The maximum atomic E-state index is 5.31. The Morgan fingerprint density at radius 2 is 0.737 bits per heavy atom. The molecule has 1 aliphatic carbocycles. The zero-order chi connectivity index (χ0) is 38.3. The van der Waals surface area contributed by atoms with Gasteiger partial charge in [0.05, 0.1) is 11.4 Å². The molecule has 0 atom stereocenters. The minimum Gasteiger partial charge on any atom is -0.228 e. The predicted molar refractivity (Wildman–Crippen MR) is 238 cm³/mol. The van der Waals surface area contributed by atoms with Crippen LogP contribution in [-0.2, 0) is 5.41 Å². The third-order valence-electron chi connectivity index (χ3n) is 11.5. The van der Waals surface area contributed by atoms with E-state index in [-0.39, 0.29) is 5.41 Å². The van der Waals surface area contributed by atoms with Crippen molar-refractivity contribution >= 4 is 0 Å². The van der Waals surface area contributed by atoms with Crippen LogP contribution in [0.15, 0.2) is 206 Å². The van der Waals surface area contributed by atoms with Crippen LogP contribution in [0, 0.1) is 0 Å². The molecule has 0 spiro atoms. The monoisotopic (exact) mass is 728 g/mol. The van der Waals surface area contributed by atoms with E-state index in [0.717, 1.165) is 50.3 Å². The Kier molecular flexibility index (Phi) is 8.53. The normalized spacial score (nSPS) is 12.5. The quantitative estimate of drug-likeness (QED) is 0.163. The van der Waals surface area contributed by atoms with Crippen LogP contribution in [0.5, 0.6) is 0 Å². The van der Waals surface area contributed by atoms with Gasteiger partial charge in [-0.25, -0.2) is 9.97 Å². The van der Waals surface area contributed by atoms with E-state index in [2.05, 4.69) is 214 Å². The van der Waals surface area contributed by atoms with Crippen LogP contribution >= 0.6 is 0 Å². The minimum absolute atomic E-state index is 0.0748. The molecule has 0 radical (unpaired) electrons. The van der Waals surface area contributed by atoms with Gasteiger partial charge in [-0.05, 0) is 97.1 Å². The van der Waals surface area contributed by atoms with Gasteiger partial charge in [0.2, 0.25) is 0 Å². The van der Waals surface area contributed by atoms with Gasteiger partial charge in [0, 0.05) is 22.1 Å². The Morgan fingerprint density at radius 1 is 0.298 bits per heavy atom. The Hall–Kier alpha value is -7.16. The van der Waals surface area contributed by atoms with Gasteiger partial charge in [0.1, 0.15) is 0 Å². The molecule has 0 bridgehead atoms. The maximum absolute atomic E-state index is 5.31. The van der Waals surface area contributed by atoms with E-state index < -0.39 is 0 Å². The molecule has 0 aliphatic heterocycles. The lowest BCUT2D eigenvalue weighted by Crippen LogP contribution is -2.16. The van der Waals surface area contributed by atoms with Crippen molar-refractivity contribution in [1.82, 2.24) is 9.97 Å². The first kappa shape index (κ1) is 34.3. The van der Waals surface area contributed by atoms with E-state index in [9.17, 15) is 0 Å². The number of nitrogens with zero attached hydrogens (tertiary/aromatic N) is 2. The fourth-order valence-electron chi connectivity index (χ4n) is 8.62. The molecule has 1 heterocycles. The molecule has 10 rings (SSSR count). The minimum atomic E-state index is -0.0748. The van der Waals surface area contributed by atoms with Gasteiger partial charge < -0.3 is 0 Å². The summed E-state index contributed by atoms with van der Waals surface area (Å²) in [5, 5.41) is 0. The zero-order valence-electron chi connectivity index (χ0n) is 32.0. The van der Waals surface area contributed by atoms with Crippen LogP contribution in [0.1, 0.15) is 25.0 Å². The van der Waals surface area contributed by atoms with E-state index in [1.807, 2.05) is 6.07 Å². The van der Waals surface area contributed by atoms with Crippen molar-refractivity contribution in [2.24, 2.45) is 0 Å². The molecule has 9 aromatic rings. The van der Waals surface area contributed by atoms with Gasteiger partial charge in [-0.2, -0.15) is 0 Å². The Bertz CT molecular complexity index is 2840. The topological polar surface area (TPSA) is 25.8 Å². The molecule has 2 nitrogen and oxygen atoms in total. The average molecular weight is 729 g/mol. The molecule has 0 saturated heterocycles. The predicted octanol–water partition coefficient (Wildman–Crippen LogP) is 14.5. The first-order chi connectivity index (χ1) is 28.0. The van der Waals surface area contributed by atoms with Gasteiger partial charge in [-0.1, -0.05) is 190 Å². The van der Waals surface area contributed by atoms with E-state index in [1.165, 1.54) is 44.5 Å². The molecule has 57 heavy (non-hydrogen) atoms. The van der Waals surface area contributed by atoms with Gasteiger partial charge >= 0.3 is 0 Å². The van der Waals surface area contributed by atoms with Crippen molar-refractivity contribution in [3.8, 4) is 89.5 Å². The summed E-state index contributed by atoms with van der Waals surface area (Å²) in [6, 6.07) is 73.7. The van der Waals surface area contributed by atoms with Crippen LogP contribution in [-0.4, -0.2) is 9.97 Å². The summed E-state index contributed by atoms with van der Waals surface area (Å²) in [5.74, 6) is 0.692. The molecule has 0 saturated carbocycles. The largest absolute Gasteiger partial charge is 0.228 e. The van der Waals surface area contributed by atoms with Crippen molar-refractivity contribution < 1.29 is 0 Å². The number of aromatic nitrogens is 2. The molecule has 2 heteroatoms. The third-order valence-corrected chi connectivity index (χ3v) is 11.5. The van der Waals surface area contributed by atoms with E-state index >= 15 is 0 Å². The SMILES string of the molecule is CC1(C)c2ccccc2-c2cccc(-c3ccc(-c4cccc(-c5nc(-c6ccccc6)cc(-c6cc(-c7ccccc7)cc(-c7ccccc7)c6)n5)c4)cc3)c21. The Morgan fingerprint density at radius 3 is 1.40 bits per heavy atom. The molecular weight excluding hydrogens is 689 g/mol. The van der Waals surface area contributed by atoms with Gasteiger partial charge in [0.15, 0.2) is 5.82 Å². The zero-order valence-corrected chi connectivity index (χ0v) is 32.0. The molecule has 0 fully saturated rings. The second kappa shape index (κ2) is 14.2. The van der Waals surface area contributed by atoms with E-state index in [4.69, 9.17) is 9.97 Å². The number of hydrogen-bond donors (Lipinski definition) is 0. The van der Waals surface area contributed by atoms with Crippen molar-refractivity contribution in [1.29, 1.82) is 0 Å². The van der Waals surface area contributed by atoms with E-state index in [1.54, 1.807) is 0 Å². The van der Waals surface area contributed by atoms with Crippen LogP contribution in [0.4, 0.5) is 0 Å². The van der Waals surface area contributed by atoms with Crippen LogP contribution in [0.2, 0.25) is 0 Å². The summed E-state index contributed by atoms with van der Waals surface area (Å²) in [6.45, 7) is 4.70. The first-order valence-electron chi connectivity index (χ1n) is 19.6. The van der Waals surface area contributed by atoms with Crippen molar-refractivity contribution in [3.05, 3.63) is 217 Å². The van der Waals surface area contributed by atoms with Gasteiger partial charge in [-0.15, -0.1) is 0 Å². The summed E-state index contributed by atoms with van der Waals surface area (Å²) in [5.41, 5.74) is 19.6. The summed E-state index contributed by atoms with van der Waals surface area (Å²) < 4.78 is 0. The van der Waals surface area contributed by atoms with Crippen molar-refractivity contribution in [2.75, 3.05) is 0 Å². The first-order valence-corrected chi connectivity index (χ1v) is 19.6. The molecule has 270 valence electrons. The second-order valence-electron chi connectivity index (χ2n) is 15.4. The highest BCUT2D eigenvalue weighted by molar-refractivity contribution is 5.89. The highest BCUT2D eigenvalue weighted by Gasteiger charge is 2.37. The third kappa shape index (κ3) is 6.36. The highest BCUT2D eigenvalue weighted by atomic mass is 14.9. The summed E-state index contributed by atoms with van der Waals surface area (Å²) in [7, 11) is 0. The average Bonchev–Trinajstić information content (AvgIpc) is 3.53. The number of rotatable bonds is 7. The maximum Gasteiger partial charge on any atom is 0.160 e. The lowest BCUT2D eigenvalue weighted by atomic mass is 9.79. The smallest absolute Gasteiger partial charge is 0.160 e. The number of benzene rings is 8. The molecule has 0 unspecified atom stereocenters. The Labute approximate surface area is 334 Å². The summed E-state index contributed by atoms with van der Waals surface area (Å²) in [4.78, 5) is 10.5. The number of fused-ring (bicyclic) bond motifs is 3. The fourth-order valence-corrected chi connectivity index (χ4v) is 8.62. The van der Waals surface area contributed by atoms with Crippen LogP contribution < -0.4 is 0 Å². The van der Waals surface area contributed by atoms with Crippen LogP contribution in [0.3, 0.4) is 0 Å². The van der Waals surface area contributed by atoms with E-state index in [0.29, 0.717) is 5.82 Å². The number of hydrogen-bond acceptors (Lipinski definition) is 2. The molecule has 8 aromatic carbocycles. The molecule has 1 aliphatic rings. The standard InChI is InChI=1S/C55H40N2/c1-55(2)50-27-13-12-24-48(50)49-26-15-25-47(53(49)55)40-30-28-39(29-31-40)42-22-14-23-43(32-42)54-56-51(41-20-10-5-11-21-41)36-52(57-54)46-34-44(37-16-6-3-7-17-37)33-45(35-46)38-18-8-4-9-19-38/h3-36H,1-2H3. The van der Waals surface area contributed by atoms with Gasteiger partial charge in [-0.3, -0.25) is 0 Å². The molecular formula is C55H40N2.